The van der Waals surface area contributed by atoms with Gasteiger partial charge in [0, 0.05) is 6.54 Å². The van der Waals surface area contributed by atoms with Crippen LogP contribution in [0.4, 0.5) is 4.79 Å². The standard InChI is InChI=1S/C15H27NO3/c1-15(2,3)19-14(17)16(10-13-11-18-13)9-12-7-5-4-6-8-12/h12-13H,4-11H2,1-3H3. The van der Waals surface area contributed by atoms with E-state index in [2.05, 4.69) is 0 Å². The molecule has 0 spiro atoms. The number of carbonyl (C=O) groups excluding carboxylic acids is 1. The average Bonchev–Trinajstić information content (AvgIpc) is 3.11. The normalized spacial score (nSPS) is 24.1. The van der Waals surface area contributed by atoms with Crippen molar-refractivity contribution in [1.82, 2.24) is 4.90 Å². The molecule has 0 aromatic heterocycles. The zero-order valence-electron chi connectivity index (χ0n) is 12.5. The highest BCUT2D eigenvalue weighted by molar-refractivity contribution is 5.68. The number of nitrogens with zero attached hydrogens (tertiary/aromatic N) is 1. The van der Waals surface area contributed by atoms with Crippen LogP contribution in [-0.2, 0) is 9.47 Å². The largest absolute Gasteiger partial charge is 0.444 e. The van der Waals surface area contributed by atoms with Crippen LogP contribution in [-0.4, -0.2) is 42.4 Å². The second-order valence-electron chi connectivity index (χ2n) is 6.84. The Kier molecular flexibility index (Phi) is 4.71. The number of rotatable bonds is 4. The van der Waals surface area contributed by atoms with Gasteiger partial charge in [-0.25, -0.2) is 4.79 Å². The summed E-state index contributed by atoms with van der Waals surface area (Å²) < 4.78 is 10.8. The van der Waals surface area contributed by atoms with Gasteiger partial charge in [-0.2, -0.15) is 0 Å². The Labute approximate surface area is 116 Å². The Morgan fingerprint density at radius 1 is 1.21 bits per heavy atom. The third-order valence-corrected chi connectivity index (χ3v) is 3.68. The Morgan fingerprint density at radius 3 is 2.37 bits per heavy atom. The van der Waals surface area contributed by atoms with Crippen molar-refractivity contribution in [3.63, 3.8) is 0 Å². The second-order valence-corrected chi connectivity index (χ2v) is 6.84. The highest BCUT2D eigenvalue weighted by Gasteiger charge is 2.32. The van der Waals surface area contributed by atoms with Gasteiger partial charge in [-0.1, -0.05) is 19.3 Å². The molecule has 19 heavy (non-hydrogen) atoms. The molecular weight excluding hydrogens is 242 g/mol. The summed E-state index contributed by atoms with van der Waals surface area (Å²) in [5.74, 6) is 0.639. The van der Waals surface area contributed by atoms with Crippen LogP contribution >= 0.6 is 0 Å². The molecule has 1 saturated heterocycles. The first-order valence-electron chi connectivity index (χ1n) is 7.53. The molecule has 4 nitrogen and oxygen atoms in total. The zero-order valence-corrected chi connectivity index (χ0v) is 12.5. The predicted octanol–water partition coefficient (Wildman–Crippen LogP) is 3.20. The van der Waals surface area contributed by atoms with Gasteiger partial charge in [0.1, 0.15) is 5.60 Å². The highest BCUT2D eigenvalue weighted by atomic mass is 16.6. The fraction of sp³-hybridized carbons (Fsp3) is 0.933. The van der Waals surface area contributed by atoms with E-state index >= 15 is 0 Å². The van der Waals surface area contributed by atoms with Crippen molar-refractivity contribution in [1.29, 1.82) is 0 Å². The maximum Gasteiger partial charge on any atom is 0.410 e. The van der Waals surface area contributed by atoms with Crippen LogP contribution in [0.1, 0.15) is 52.9 Å². The third-order valence-electron chi connectivity index (χ3n) is 3.68. The van der Waals surface area contributed by atoms with E-state index in [-0.39, 0.29) is 12.2 Å². The van der Waals surface area contributed by atoms with E-state index in [9.17, 15) is 4.79 Å². The molecule has 4 heteroatoms. The monoisotopic (exact) mass is 269 g/mol. The quantitative estimate of drug-likeness (QED) is 0.736. The Bertz CT molecular complexity index is 301. The summed E-state index contributed by atoms with van der Waals surface area (Å²) in [6, 6.07) is 0. The topological polar surface area (TPSA) is 42.1 Å². The van der Waals surface area contributed by atoms with Gasteiger partial charge in [0.2, 0.25) is 0 Å². The summed E-state index contributed by atoms with van der Waals surface area (Å²) >= 11 is 0. The van der Waals surface area contributed by atoms with E-state index in [1.165, 1.54) is 32.1 Å². The Balaban J connectivity index is 1.88. The molecule has 0 N–H and O–H groups in total. The first-order chi connectivity index (χ1) is 8.94. The number of epoxide rings is 1. The lowest BCUT2D eigenvalue weighted by molar-refractivity contribution is 0.0194. The van der Waals surface area contributed by atoms with E-state index in [1.54, 1.807) is 0 Å². The molecular formula is C15H27NO3. The van der Waals surface area contributed by atoms with Crippen LogP contribution in [0.25, 0.3) is 0 Å². The maximum atomic E-state index is 12.2. The molecule has 2 fully saturated rings. The molecule has 1 aliphatic carbocycles. The summed E-state index contributed by atoms with van der Waals surface area (Å²) in [5, 5.41) is 0. The van der Waals surface area contributed by atoms with E-state index in [4.69, 9.17) is 9.47 Å². The molecule has 2 rings (SSSR count). The van der Waals surface area contributed by atoms with E-state index in [0.717, 1.165) is 13.2 Å². The zero-order chi connectivity index (χ0) is 13.9. The number of amides is 1. The summed E-state index contributed by atoms with van der Waals surface area (Å²) in [6.07, 6.45) is 6.47. The second kappa shape index (κ2) is 6.12. The molecule has 0 aromatic rings. The van der Waals surface area contributed by atoms with Crippen molar-refractivity contribution in [2.45, 2.75) is 64.6 Å². The lowest BCUT2D eigenvalue weighted by Crippen LogP contribution is -2.41. The van der Waals surface area contributed by atoms with Gasteiger partial charge < -0.3 is 14.4 Å². The summed E-state index contributed by atoms with van der Waals surface area (Å²) in [7, 11) is 0. The fourth-order valence-corrected chi connectivity index (χ4v) is 2.65. The van der Waals surface area contributed by atoms with Crippen LogP contribution in [0.5, 0.6) is 0 Å². The highest BCUT2D eigenvalue weighted by Crippen LogP contribution is 2.26. The number of carbonyl (C=O) groups is 1. The van der Waals surface area contributed by atoms with Gasteiger partial charge in [-0.15, -0.1) is 0 Å². The van der Waals surface area contributed by atoms with E-state index in [0.29, 0.717) is 12.5 Å². The van der Waals surface area contributed by atoms with E-state index in [1.807, 2.05) is 25.7 Å². The summed E-state index contributed by atoms with van der Waals surface area (Å²) in [5.41, 5.74) is -0.424. The molecule has 1 unspecified atom stereocenters. The van der Waals surface area contributed by atoms with Crippen molar-refractivity contribution < 1.29 is 14.3 Å². The lowest BCUT2D eigenvalue weighted by Gasteiger charge is -2.31. The SMILES string of the molecule is CC(C)(C)OC(=O)N(CC1CCCCC1)CC1CO1. The van der Waals surface area contributed by atoms with Crippen LogP contribution < -0.4 is 0 Å². The molecule has 110 valence electrons. The molecule has 1 amide bonds. The molecule has 1 atom stereocenters. The number of ether oxygens (including phenoxy) is 2. The lowest BCUT2D eigenvalue weighted by atomic mass is 9.89. The van der Waals surface area contributed by atoms with Gasteiger partial charge in [-0.05, 0) is 39.5 Å². The smallest absolute Gasteiger partial charge is 0.410 e. The Hall–Kier alpha value is -0.770. The average molecular weight is 269 g/mol. The molecule has 1 heterocycles. The molecule has 0 radical (unpaired) electrons. The predicted molar refractivity (Wildman–Crippen MR) is 74.1 cm³/mol. The minimum atomic E-state index is -0.424. The van der Waals surface area contributed by atoms with Crippen molar-refractivity contribution in [2.24, 2.45) is 5.92 Å². The molecule has 1 aliphatic heterocycles. The van der Waals surface area contributed by atoms with Gasteiger partial charge >= 0.3 is 6.09 Å². The molecule has 1 saturated carbocycles. The van der Waals surface area contributed by atoms with Crippen molar-refractivity contribution in [3.8, 4) is 0 Å². The van der Waals surface area contributed by atoms with Gasteiger partial charge in [0.25, 0.3) is 0 Å². The minimum absolute atomic E-state index is 0.187. The Morgan fingerprint density at radius 2 is 1.84 bits per heavy atom. The first-order valence-corrected chi connectivity index (χ1v) is 7.53. The van der Waals surface area contributed by atoms with Crippen LogP contribution in [0.3, 0.4) is 0 Å². The maximum absolute atomic E-state index is 12.2. The van der Waals surface area contributed by atoms with Gasteiger partial charge in [0.15, 0.2) is 0 Å². The van der Waals surface area contributed by atoms with Gasteiger partial charge in [-0.3, -0.25) is 0 Å². The first kappa shape index (κ1) is 14.6. The van der Waals surface area contributed by atoms with Crippen molar-refractivity contribution >= 4 is 6.09 Å². The van der Waals surface area contributed by atoms with Crippen LogP contribution in [0, 0.1) is 5.92 Å². The fourth-order valence-electron chi connectivity index (χ4n) is 2.65. The number of hydrogen-bond acceptors (Lipinski definition) is 3. The van der Waals surface area contributed by atoms with Crippen LogP contribution in [0.15, 0.2) is 0 Å². The van der Waals surface area contributed by atoms with Crippen molar-refractivity contribution in [3.05, 3.63) is 0 Å². The minimum Gasteiger partial charge on any atom is -0.444 e. The van der Waals surface area contributed by atoms with Crippen molar-refractivity contribution in [2.75, 3.05) is 19.7 Å². The molecule has 2 aliphatic rings. The molecule has 0 bridgehead atoms. The summed E-state index contributed by atoms with van der Waals surface area (Å²) in [6.45, 7) is 8.04. The number of hydrogen-bond donors (Lipinski definition) is 0. The summed E-state index contributed by atoms with van der Waals surface area (Å²) in [4.78, 5) is 14.1. The third kappa shape index (κ3) is 5.39. The van der Waals surface area contributed by atoms with E-state index < -0.39 is 5.60 Å². The molecule has 0 aromatic carbocycles. The van der Waals surface area contributed by atoms with Gasteiger partial charge in [0.05, 0.1) is 19.3 Å². The van der Waals surface area contributed by atoms with Crippen LogP contribution in [0.2, 0.25) is 0 Å².